The lowest BCUT2D eigenvalue weighted by Crippen LogP contribution is -2.38. The Morgan fingerprint density at radius 1 is 1.37 bits per heavy atom. The molecule has 142 valence electrons. The fraction of sp³-hybridized carbons (Fsp3) is 0.176. The molecule has 1 aromatic carbocycles. The van der Waals surface area contributed by atoms with Gasteiger partial charge in [-0.3, -0.25) is 15.2 Å². The van der Waals surface area contributed by atoms with E-state index in [4.69, 9.17) is 17.0 Å². The molecule has 0 spiro atoms. The number of nitrogens with zero attached hydrogens (tertiary/aromatic N) is 2. The van der Waals surface area contributed by atoms with E-state index in [-0.39, 0.29) is 18.3 Å². The smallest absolute Gasteiger partial charge is 0.261 e. The molecule has 2 aromatic rings. The van der Waals surface area contributed by atoms with E-state index in [2.05, 4.69) is 16.3 Å². The summed E-state index contributed by atoms with van der Waals surface area (Å²) in [5.74, 6) is -0.477. The van der Waals surface area contributed by atoms with E-state index in [1.165, 1.54) is 22.4 Å². The van der Waals surface area contributed by atoms with Crippen LogP contribution in [0.3, 0.4) is 0 Å². The summed E-state index contributed by atoms with van der Waals surface area (Å²) < 4.78 is 15.0. The predicted octanol–water partition coefficient (Wildman–Crippen LogP) is 2.53. The van der Waals surface area contributed by atoms with Gasteiger partial charge in [0.15, 0.2) is 0 Å². The third-order valence-electron chi connectivity index (χ3n) is 3.79. The molecular weight excluding hydrogens is 391 g/mol. The molecule has 1 aliphatic rings. The number of hydrogen-bond donors (Lipinski definition) is 4. The Kier molecular flexibility index (Phi) is 5.64. The number of thiophene rings is 1. The number of hydrazine groups is 2. The molecule has 2 heterocycles. The highest BCUT2D eigenvalue weighted by atomic mass is 35.5. The zero-order valence-corrected chi connectivity index (χ0v) is 16.2. The van der Waals surface area contributed by atoms with Gasteiger partial charge in [0.2, 0.25) is 0 Å². The number of carbonyl (C=O) groups is 1. The number of benzene rings is 1. The molecule has 0 bridgehead atoms. The summed E-state index contributed by atoms with van der Waals surface area (Å²) >= 11 is 7.03. The maximum atomic E-state index is 14.5. The lowest BCUT2D eigenvalue weighted by Gasteiger charge is -2.18. The zero-order chi connectivity index (χ0) is 19.6. The summed E-state index contributed by atoms with van der Waals surface area (Å²) in [5.41, 5.74) is 7.15. The van der Waals surface area contributed by atoms with Crippen LogP contribution in [0.2, 0.25) is 4.34 Å². The van der Waals surface area contributed by atoms with Crippen LogP contribution in [0, 0.1) is 11.2 Å². The van der Waals surface area contributed by atoms with Gasteiger partial charge in [-0.2, -0.15) is 0 Å². The minimum Gasteiger partial charge on any atom is -0.363 e. The van der Waals surface area contributed by atoms with Crippen LogP contribution < -0.4 is 21.3 Å². The van der Waals surface area contributed by atoms with Gasteiger partial charge in [0, 0.05) is 25.9 Å². The molecule has 4 N–H and O–H groups in total. The van der Waals surface area contributed by atoms with Crippen molar-refractivity contribution in [1.29, 1.82) is 5.41 Å². The first-order chi connectivity index (χ1) is 12.8. The SMILES string of the molecule is CN(C)C(=N)c1ccc(N2C=C(CNC(=O)c3ccc(Cl)s3)NN2)c(F)c1. The standard InChI is InChI=1S/C17H18ClFN6OS/c1-24(2)16(20)10-3-4-13(12(19)7-10)25-9-11(22-23-25)8-21-17(26)14-5-6-15(18)27-14/h3-7,9,20,22-23H,8H2,1-2H3,(H,21,26). The number of rotatable bonds is 5. The van der Waals surface area contributed by atoms with E-state index >= 15 is 0 Å². The third kappa shape index (κ3) is 4.38. The van der Waals surface area contributed by atoms with E-state index in [0.29, 0.717) is 26.2 Å². The van der Waals surface area contributed by atoms with Gasteiger partial charge < -0.3 is 15.6 Å². The second kappa shape index (κ2) is 7.95. The van der Waals surface area contributed by atoms with Crippen LogP contribution in [0.25, 0.3) is 0 Å². The quantitative estimate of drug-likeness (QED) is 0.451. The van der Waals surface area contributed by atoms with E-state index in [9.17, 15) is 9.18 Å². The number of hydrogen-bond acceptors (Lipinski definition) is 6. The van der Waals surface area contributed by atoms with Crippen molar-refractivity contribution in [2.24, 2.45) is 0 Å². The highest BCUT2D eigenvalue weighted by Crippen LogP contribution is 2.23. The Labute approximate surface area is 164 Å². The van der Waals surface area contributed by atoms with Gasteiger partial charge in [-0.1, -0.05) is 11.6 Å². The van der Waals surface area contributed by atoms with Gasteiger partial charge in [0.05, 0.1) is 27.1 Å². The van der Waals surface area contributed by atoms with Gasteiger partial charge in [0.25, 0.3) is 5.91 Å². The first-order valence-electron chi connectivity index (χ1n) is 7.96. The highest BCUT2D eigenvalue weighted by molar-refractivity contribution is 7.17. The second-order valence-electron chi connectivity index (χ2n) is 5.96. The molecule has 0 fully saturated rings. The van der Waals surface area contributed by atoms with E-state index < -0.39 is 5.82 Å². The van der Waals surface area contributed by atoms with Crippen LogP contribution in [0.4, 0.5) is 10.1 Å². The van der Waals surface area contributed by atoms with Crippen molar-refractivity contribution >= 4 is 40.4 Å². The Morgan fingerprint density at radius 2 is 2.15 bits per heavy atom. The largest absolute Gasteiger partial charge is 0.363 e. The first-order valence-corrected chi connectivity index (χ1v) is 9.15. The number of nitrogens with one attached hydrogen (secondary N) is 4. The van der Waals surface area contributed by atoms with Crippen molar-refractivity contribution in [2.45, 2.75) is 0 Å². The maximum Gasteiger partial charge on any atom is 0.261 e. The molecule has 0 atom stereocenters. The highest BCUT2D eigenvalue weighted by Gasteiger charge is 2.18. The number of amidine groups is 1. The molecule has 0 aliphatic carbocycles. The third-order valence-corrected chi connectivity index (χ3v) is 5.02. The minimum absolute atomic E-state index is 0.223. The van der Waals surface area contributed by atoms with Crippen molar-refractivity contribution < 1.29 is 9.18 Å². The molecule has 0 saturated heterocycles. The van der Waals surface area contributed by atoms with Crippen LogP contribution in [-0.4, -0.2) is 37.3 Å². The predicted molar refractivity (Wildman–Crippen MR) is 105 cm³/mol. The second-order valence-corrected chi connectivity index (χ2v) is 7.67. The van der Waals surface area contributed by atoms with Gasteiger partial charge in [-0.05, 0) is 30.3 Å². The molecule has 1 aromatic heterocycles. The Hall–Kier alpha value is -2.62. The summed E-state index contributed by atoms with van der Waals surface area (Å²) in [6.07, 6.45) is 1.65. The van der Waals surface area contributed by atoms with Crippen molar-refractivity contribution in [2.75, 3.05) is 25.6 Å². The lowest BCUT2D eigenvalue weighted by molar-refractivity contribution is 0.0960. The monoisotopic (exact) mass is 408 g/mol. The van der Waals surface area contributed by atoms with Crippen LogP contribution in [-0.2, 0) is 0 Å². The van der Waals surface area contributed by atoms with Crippen molar-refractivity contribution in [3.05, 3.63) is 62.8 Å². The van der Waals surface area contributed by atoms with Gasteiger partial charge >= 0.3 is 0 Å². The Balaban J connectivity index is 1.65. The fourth-order valence-electron chi connectivity index (χ4n) is 2.38. The number of halogens is 2. The number of amides is 1. The van der Waals surface area contributed by atoms with Crippen LogP contribution in [0.5, 0.6) is 0 Å². The zero-order valence-electron chi connectivity index (χ0n) is 14.6. The summed E-state index contributed by atoms with van der Waals surface area (Å²) in [5, 5.41) is 12.2. The Morgan fingerprint density at radius 3 is 2.78 bits per heavy atom. The number of carbonyl (C=O) groups excluding carboxylic acids is 1. The van der Waals surface area contributed by atoms with Crippen molar-refractivity contribution in [3.63, 3.8) is 0 Å². The molecule has 27 heavy (non-hydrogen) atoms. The fourth-order valence-corrected chi connectivity index (χ4v) is 3.34. The van der Waals surface area contributed by atoms with Crippen LogP contribution in [0.1, 0.15) is 15.2 Å². The molecule has 1 aliphatic heterocycles. The van der Waals surface area contributed by atoms with Gasteiger partial charge in [-0.15, -0.1) is 16.9 Å². The van der Waals surface area contributed by atoms with E-state index in [1.807, 2.05) is 0 Å². The average Bonchev–Trinajstić information content (AvgIpc) is 3.28. The van der Waals surface area contributed by atoms with Crippen molar-refractivity contribution in [3.8, 4) is 0 Å². The molecule has 0 unspecified atom stereocenters. The normalized spacial score (nSPS) is 13.2. The summed E-state index contributed by atoms with van der Waals surface area (Å²) in [7, 11) is 3.46. The van der Waals surface area contributed by atoms with E-state index in [1.54, 1.807) is 49.5 Å². The van der Waals surface area contributed by atoms with Gasteiger partial charge in [-0.25, -0.2) is 4.39 Å². The molecule has 0 radical (unpaired) electrons. The molecule has 7 nitrogen and oxygen atoms in total. The molecular formula is C17H18ClFN6OS. The molecule has 3 rings (SSSR count). The topological polar surface area (TPSA) is 83.5 Å². The molecule has 10 heteroatoms. The first kappa shape index (κ1) is 19.2. The average molecular weight is 409 g/mol. The summed E-state index contributed by atoms with van der Waals surface area (Å²) in [4.78, 5) is 14.2. The molecule has 0 saturated carbocycles. The summed E-state index contributed by atoms with van der Waals surface area (Å²) in [6, 6.07) is 7.90. The van der Waals surface area contributed by atoms with Crippen molar-refractivity contribution in [1.82, 2.24) is 21.2 Å². The van der Waals surface area contributed by atoms with Crippen LogP contribution in [0.15, 0.2) is 42.2 Å². The Bertz CT molecular complexity index is 913. The summed E-state index contributed by atoms with van der Waals surface area (Å²) in [6.45, 7) is 0.239. The molecule has 1 amide bonds. The number of anilines is 1. The van der Waals surface area contributed by atoms with Gasteiger partial charge in [0.1, 0.15) is 11.7 Å². The minimum atomic E-state index is -0.469. The lowest BCUT2D eigenvalue weighted by atomic mass is 10.1. The van der Waals surface area contributed by atoms with E-state index in [0.717, 1.165) is 0 Å². The van der Waals surface area contributed by atoms with Crippen LogP contribution >= 0.6 is 22.9 Å². The maximum absolute atomic E-state index is 14.5.